The van der Waals surface area contributed by atoms with Gasteiger partial charge in [0.1, 0.15) is 11.6 Å². The molecule has 17 heavy (non-hydrogen) atoms. The molecule has 4 nitrogen and oxygen atoms in total. The van der Waals surface area contributed by atoms with E-state index in [4.69, 9.17) is 10.8 Å². The van der Waals surface area contributed by atoms with E-state index in [9.17, 15) is 0 Å². The molecular formula is C13H15N3O. The molecular weight excluding hydrogens is 214 g/mol. The van der Waals surface area contributed by atoms with Gasteiger partial charge < -0.3 is 16.2 Å². The first-order valence-electron chi connectivity index (χ1n) is 5.47. The summed E-state index contributed by atoms with van der Waals surface area (Å²) in [4.78, 5) is 4.15. The van der Waals surface area contributed by atoms with E-state index in [-0.39, 0.29) is 0 Å². The van der Waals surface area contributed by atoms with E-state index >= 15 is 0 Å². The molecule has 0 radical (unpaired) electrons. The van der Waals surface area contributed by atoms with Gasteiger partial charge in [-0.1, -0.05) is 12.1 Å². The van der Waals surface area contributed by atoms with Crippen LogP contribution in [0, 0.1) is 0 Å². The summed E-state index contributed by atoms with van der Waals surface area (Å²) >= 11 is 0. The maximum absolute atomic E-state index is 9.15. The molecule has 0 aliphatic heterocycles. The molecule has 2 aromatic rings. The number of aromatic nitrogens is 1. The lowest BCUT2D eigenvalue weighted by Gasteiger charge is -2.05. The number of nitrogens with one attached hydrogen (secondary N) is 1. The predicted molar refractivity (Wildman–Crippen MR) is 68.9 cm³/mol. The van der Waals surface area contributed by atoms with Crippen molar-refractivity contribution in [2.45, 2.75) is 6.42 Å². The molecule has 88 valence electrons. The van der Waals surface area contributed by atoms with Crippen LogP contribution in [0.2, 0.25) is 0 Å². The molecule has 2 rings (SSSR count). The Balaban J connectivity index is 1.83. The SMILES string of the molecule is Nc1ccc(NCCc2ccc(O)cc2)nc1. The fraction of sp³-hybridized carbons (Fsp3) is 0.154. The Bertz CT molecular complexity index is 420. The molecule has 0 atom stereocenters. The van der Waals surface area contributed by atoms with Crippen molar-refractivity contribution in [1.29, 1.82) is 0 Å². The lowest BCUT2D eigenvalue weighted by Crippen LogP contribution is -2.06. The zero-order valence-corrected chi connectivity index (χ0v) is 9.43. The molecule has 0 bridgehead atoms. The highest BCUT2D eigenvalue weighted by Crippen LogP contribution is 2.10. The first-order chi connectivity index (χ1) is 8.24. The number of aromatic hydroxyl groups is 1. The summed E-state index contributed by atoms with van der Waals surface area (Å²) in [6, 6.07) is 10.9. The normalized spacial score (nSPS) is 10.1. The van der Waals surface area contributed by atoms with Gasteiger partial charge in [-0.25, -0.2) is 4.98 Å². The van der Waals surface area contributed by atoms with Crippen molar-refractivity contribution in [2.24, 2.45) is 0 Å². The molecule has 1 heterocycles. The Morgan fingerprint density at radius 1 is 1.12 bits per heavy atom. The van der Waals surface area contributed by atoms with Crippen LogP contribution in [-0.4, -0.2) is 16.6 Å². The monoisotopic (exact) mass is 229 g/mol. The van der Waals surface area contributed by atoms with Crippen LogP contribution >= 0.6 is 0 Å². The summed E-state index contributed by atoms with van der Waals surface area (Å²) < 4.78 is 0. The third-order valence-electron chi connectivity index (χ3n) is 2.44. The number of phenols is 1. The molecule has 0 unspecified atom stereocenters. The summed E-state index contributed by atoms with van der Waals surface area (Å²) in [5.41, 5.74) is 7.38. The standard InChI is InChI=1S/C13H15N3O/c14-11-3-6-13(16-9-11)15-8-7-10-1-4-12(17)5-2-10/h1-6,9,17H,7-8,14H2,(H,15,16). The summed E-state index contributed by atoms with van der Waals surface area (Å²) in [5, 5.41) is 12.4. The van der Waals surface area contributed by atoms with Crippen LogP contribution in [0.1, 0.15) is 5.56 Å². The van der Waals surface area contributed by atoms with Gasteiger partial charge in [-0.15, -0.1) is 0 Å². The summed E-state index contributed by atoms with van der Waals surface area (Å²) in [6.45, 7) is 0.793. The van der Waals surface area contributed by atoms with Crippen LogP contribution in [0.15, 0.2) is 42.6 Å². The Morgan fingerprint density at radius 2 is 1.88 bits per heavy atom. The minimum Gasteiger partial charge on any atom is -0.508 e. The summed E-state index contributed by atoms with van der Waals surface area (Å²) in [7, 11) is 0. The molecule has 4 heteroatoms. The van der Waals surface area contributed by atoms with Crippen LogP contribution in [-0.2, 0) is 6.42 Å². The molecule has 4 N–H and O–H groups in total. The fourth-order valence-electron chi connectivity index (χ4n) is 1.51. The number of hydrogen-bond acceptors (Lipinski definition) is 4. The predicted octanol–water partition coefficient (Wildman–Crippen LogP) is 2.02. The number of anilines is 2. The molecule has 0 fully saturated rings. The quantitative estimate of drug-likeness (QED) is 0.750. The highest BCUT2D eigenvalue weighted by Gasteiger charge is 1.95. The van der Waals surface area contributed by atoms with Crippen molar-refractivity contribution in [3.63, 3.8) is 0 Å². The smallest absolute Gasteiger partial charge is 0.126 e. The van der Waals surface area contributed by atoms with Gasteiger partial charge in [0, 0.05) is 6.54 Å². The molecule has 0 aliphatic rings. The van der Waals surface area contributed by atoms with E-state index in [0.29, 0.717) is 11.4 Å². The first kappa shape index (κ1) is 11.3. The second kappa shape index (κ2) is 5.21. The molecule has 1 aromatic heterocycles. The van der Waals surface area contributed by atoms with Gasteiger partial charge in [-0.05, 0) is 36.2 Å². The number of nitrogens with zero attached hydrogens (tertiary/aromatic N) is 1. The summed E-state index contributed by atoms with van der Waals surface area (Å²) in [6.07, 6.45) is 2.51. The first-order valence-corrected chi connectivity index (χ1v) is 5.47. The third-order valence-corrected chi connectivity index (χ3v) is 2.44. The largest absolute Gasteiger partial charge is 0.508 e. The van der Waals surface area contributed by atoms with E-state index in [1.54, 1.807) is 18.3 Å². The van der Waals surface area contributed by atoms with E-state index in [1.807, 2.05) is 24.3 Å². The zero-order valence-electron chi connectivity index (χ0n) is 9.43. The van der Waals surface area contributed by atoms with Gasteiger partial charge in [-0.2, -0.15) is 0 Å². The van der Waals surface area contributed by atoms with Crippen molar-refractivity contribution in [3.05, 3.63) is 48.2 Å². The summed E-state index contributed by atoms with van der Waals surface area (Å²) in [5.74, 6) is 1.11. The van der Waals surface area contributed by atoms with E-state index < -0.39 is 0 Å². The topological polar surface area (TPSA) is 71.2 Å². The number of pyridine rings is 1. The van der Waals surface area contributed by atoms with Gasteiger partial charge >= 0.3 is 0 Å². The maximum Gasteiger partial charge on any atom is 0.126 e. The number of nitrogen functional groups attached to an aromatic ring is 1. The Kier molecular flexibility index (Phi) is 3.45. The molecule has 0 spiro atoms. The van der Waals surface area contributed by atoms with Crippen LogP contribution in [0.4, 0.5) is 11.5 Å². The molecule has 0 saturated carbocycles. The molecule has 0 amide bonds. The second-order valence-electron chi connectivity index (χ2n) is 3.82. The van der Waals surface area contributed by atoms with Gasteiger partial charge in [0.25, 0.3) is 0 Å². The number of rotatable bonds is 4. The minimum atomic E-state index is 0.293. The lowest BCUT2D eigenvalue weighted by atomic mass is 10.1. The van der Waals surface area contributed by atoms with Gasteiger partial charge in [0.05, 0.1) is 11.9 Å². The average Bonchev–Trinajstić information content (AvgIpc) is 2.34. The average molecular weight is 229 g/mol. The molecule has 0 aliphatic carbocycles. The lowest BCUT2D eigenvalue weighted by molar-refractivity contribution is 0.475. The minimum absolute atomic E-state index is 0.293. The van der Waals surface area contributed by atoms with E-state index in [2.05, 4.69) is 10.3 Å². The number of nitrogens with two attached hydrogens (primary N) is 1. The fourth-order valence-corrected chi connectivity index (χ4v) is 1.51. The second-order valence-corrected chi connectivity index (χ2v) is 3.82. The number of hydrogen-bond donors (Lipinski definition) is 3. The van der Waals surface area contributed by atoms with Crippen LogP contribution in [0.3, 0.4) is 0 Å². The van der Waals surface area contributed by atoms with Crippen molar-refractivity contribution in [1.82, 2.24) is 4.98 Å². The molecule has 0 saturated heterocycles. The number of phenolic OH excluding ortho intramolecular Hbond substituents is 1. The Labute approximate surface area is 100 Å². The van der Waals surface area contributed by atoms with Crippen LogP contribution < -0.4 is 11.1 Å². The Hall–Kier alpha value is -2.23. The molecule has 1 aromatic carbocycles. The van der Waals surface area contributed by atoms with Gasteiger partial charge in [-0.3, -0.25) is 0 Å². The highest BCUT2D eigenvalue weighted by atomic mass is 16.3. The third kappa shape index (κ3) is 3.38. The van der Waals surface area contributed by atoms with Crippen molar-refractivity contribution in [2.75, 3.05) is 17.6 Å². The highest BCUT2D eigenvalue weighted by molar-refractivity contribution is 5.43. The number of benzene rings is 1. The van der Waals surface area contributed by atoms with E-state index in [0.717, 1.165) is 18.8 Å². The zero-order chi connectivity index (χ0) is 12.1. The Morgan fingerprint density at radius 3 is 2.53 bits per heavy atom. The van der Waals surface area contributed by atoms with Crippen molar-refractivity contribution < 1.29 is 5.11 Å². The van der Waals surface area contributed by atoms with E-state index in [1.165, 1.54) is 5.56 Å². The maximum atomic E-state index is 9.15. The van der Waals surface area contributed by atoms with Gasteiger partial charge in [0.2, 0.25) is 0 Å². The van der Waals surface area contributed by atoms with Crippen molar-refractivity contribution >= 4 is 11.5 Å². The van der Waals surface area contributed by atoms with Gasteiger partial charge in [0.15, 0.2) is 0 Å². The van der Waals surface area contributed by atoms with Crippen molar-refractivity contribution in [3.8, 4) is 5.75 Å². The van der Waals surface area contributed by atoms with Crippen LogP contribution in [0.25, 0.3) is 0 Å². The van der Waals surface area contributed by atoms with Crippen LogP contribution in [0.5, 0.6) is 5.75 Å².